The fourth-order valence-corrected chi connectivity index (χ4v) is 0.401. The minimum Gasteiger partial charge on any atom is -0.464 e. The second kappa shape index (κ2) is 6.19. The fourth-order valence-electron chi connectivity index (χ4n) is 0.401. The van der Waals surface area contributed by atoms with Crippen molar-refractivity contribution in [3.8, 4) is 0 Å². The van der Waals surface area contributed by atoms with Crippen LogP contribution in [0.25, 0.3) is 0 Å². The van der Waals surface area contributed by atoms with Crippen molar-refractivity contribution in [2.24, 2.45) is 0 Å². The summed E-state index contributed by atoms with van der Waals surface area (Å²) in [7, 11) is 0. The maximum absolute atomic E-state index is 9.84. The van der Waals surface area contributed by atoms with Crippen LogP contribution in [0.1, 0.15) is 0 Å². The molecule has 0 radical (unpaired) electrons. The molecule has 2 amide bonds. The van der Waals surface area contributed by atoms with Crippen molar-refractivity contribution in [3.63, 3.8) is 0 Å². The van der Waals surface area contributed by atoms with Crippen LogP contribution >= 0.6 is 0 Å². The Morgan fingerprint density at radius 2 is 1.25 bits per heavy atom. The zero-order valence-corrected chi connectivity index (χ0v) is 6.13. The van der Waals surface area contributed by atoms with Crippen molar-refractivity contribution in [1.82, 2.24) is 21.7 Å². The molecule has 0 fully saturated rings. The molecule has 0 atom stereocenters. The highest BCUT2D eigenvalue weighted by molar-refractivity contribution is 5.63. The number of carbonyl (C=O) groups is 2. The molecule has 0 aliphatic rings. The van der Waals surface area contributed by atoms with Crippen LogP contribution in [0.5, 0.6) is 0 Å². The third-order valence-electron chi connectivity index (χ3n) is 0.766. The maximum atomic E-state index is 9.84. The monoisotopic (exact) mass is 178 g/mol. The molecule has 8 heteroatoms. The first-order chi connectivity index (χ1) is 5.63. The van der Waals surface area contributed by atoms with Crippen LogP contribution in [0.2, 0.25) is 0 Å². The molecule has 8 nitrogen and oxygen atoms in total. The molecule has 6 N–H and O–H groups in total. The van der Waals surface area contributed by atoms with Gasteiger partial charge in [0.05, 0.1) is 0 Å². The Labute approximate surface area is 67.9 Å². The van der Waals surface area contributed by atoms with E-state index in [1.807, 2.05) is 10.9 Å². The second-order valence-corrected chi connectivity index (χ2v) is 1.71. The zero-order valence-electron chi connectivity index (χ0n) is 6.13. The quantitative estimate of drug-likeness (QED) is 0.226. The standard InChI is InChI=1S/C4H10N4O4/c9-3(10)7-5-1-2-6-8-4(11)12/h5-8H,1-2H2,(H,9,10)(H,11,12). The molecule has 0 unspecified atom stereocenters. The van der Waals surface area contributed by atoms with Crippen LogP contribution in [0.3, 0.4) is 0 Å². The molecule has 0 rings (SSSR count). The summed E-state index contributed by atoms with van der Waals surface area (Å²) in [5.74, 6) is 0. The molecular weight excluding hydrogens is 168 g/mol. The van der Waals surface area contributed by atoms with E-state index in [0.29, 0.717) is 0 Å². The molecule has 0 spiro atoms. The molecule has 0 bridgehead atoms. The predicted molar refractivity (Wildman–Crippen MR) is 38.3 cm³/mol. The Bertz CT molecular complexity index is 143. The Morgan fingerprint density at radius 3 is 1.50 bits per heavy atom. The first kappa shape index (κ1) is 10.5. The van der Waals surface area contributed by atoms with Crippen molar-refractivity contribution >= 4 is 12.2 Å². The Hall–Kier alpha value is -1.54. The van der Waals surface area contributed by atoms with Gasteiger partial charge >= 0.3 is 12.2 Å². The lowest BCUT2D eigenvalue weighted by Gasteiger charge is -2.04. The van der Waals surface area contributed by atoms with Gasteiger partial charge in [0, 0.05) is 13.1 Å². The van der Waals surface area contributed by atoms with Gasteiger partial charge in [-0.1, -0.05) is 0 Å². The van der Waals surface area contributed by atoms with Crippen LogP contribution in [0, 0.1) is 0 Å². The van der Waals surface area contributed by atoms with Gasteiger partial charge in [-0.05, 0) is 0 Å². The topological polar surface area (TPSA) is 123 Å². The highest BCUT2D eigenvalue weighted by Gasteiger charge is 1.92. The van der Waals surface area contributed by atoms with E-state index in [-0.39, 0.29) is 13.1 Å². The van der Waals surface area contributed by atoms with Gasteiger partial charge in [0.1, 0.15) is 0 Å². The van der Waals surface area contributed by atoms with E-state index in [9.17, 15) is 9.59 Å². The van der Waals surface area contributed by atoms with Crippen molar-refractivity contribution in [2.45, 2.75) is 0 Å². The average molecular weight is 178 g/mol. The predicted octanol–water partition coefficient (Wildman–Crippen LogP) is -1.47. The molecule has 12 heavy (non-hydrogen) atoms. The van der Waals surface area contributed by atoms with Crippen molar-refractivity contribution in [2.75, 3.05) is 13.1 Å². The first-order valence-electron chi connectivity index (χ1n) is 3.06. The molecule has 0 aliphatic heterocycles. The molecule has 0 saturated heterocycles. The molecule has 0 aromatic heterocycles. The summed E-state index contributed by atoms with van der Waals surface area (Å²) >= 11 is 0. The van der Waals surface area contributed by atoms with Gasteiger partial charge in [0.2, 0.25) is 0 Å². The molecular formula is C4H10N4O4. The minimum absolute atomic E-state index is 0.270. The van der Waals surface area contributed by atoms with Crippen molar-refractivity contribution in [3.05, 3.63) is 0 Å². The molecule has 0 aromatic rings. The van der Waals surface area contributed by atoms with Crippen molar-refractivity contribution in [1.29, 1.82) is 0 Å². The largest absolute Gasteiger partial charge is 0.464 e. The highest BCUT2D eigenvalue weighted by atomic mass is 16.4. The van der Waals surface area contributed by atoms with E-state index in [1.165, 1.54) is 0 Å². The summed E-state index contributed by atoms with van der Waals surface area (Å²) < 4.78 is 0. The van der Waals surface area contributed by atoms with Crippen LogP contribution < -0.4 is 21.7 Å². The van der Waals surface area contributed by atoms with Crippen molar-refractivity contribution < 1.29 is 19.8 Å². The van der Waals surface area contributed by atoms with E-state index in [1.54, 1.807) is 0 Å². The number of hydrazine groups is 2. The fraction of sp³-hybridized carbons (Fsp3) is 0.500. The highest BCUT2D eigenvalue weighted by Crippen LogP contribution is 1.56. The molecule has 0 aromatic carbocycles. The molecule has 0 aliphatic carbocycles. The molecule has 0 heterocycles. The number of amides is 2. The maximum Gasteiger partial charge on any atom is 0.419 e. The van der Waals surface area contributed by atoms with E-state index in [2.05, 4.69) is 10.9 Å². The van der Waals surface area contributed by atoms with Crippen LogP contribution in [0.15, 0.2) is 0 Å². The normalized spacial score (nSPS) is 9.00. The smallest absolute Gasteiger partial charge is 0.419 e. The molecule has 0 saturated carbocycles. The Kier molecular flexibility index (Phi) is 5.39. The summed E-state index contributed by atoms with van der Waals surface area (Å²) in [6, 6.07) is 0. The van der Waals surface area contributed by atoms with Gasteiger partial charge in [-0.15, -0.1) is 0 Å². The minimum atomic E-state index is -1.19. The lowest BCUT2D eigenvalue weighted by molar-refractivity contribution is 0.185. The Balaban J connectivity index is 3.01. The van der Waals surface area contributed by atoms with Gasteiger partial charge in [0.15, 0.2) is 0 Å². The number of carboxylic acid groups (broad SMARTS) is 2. The van der Waals surface area contributed by atoms with Gasteiger partial charge in [-0.25, -0.2) is 20.4 Å². The zero-order chi connectivity index (χ0) is 9.40. The summed E-state index contributed by atoms with van der Waals surface area (Å²) in [5.41, 5.74) is 8.40. The first-order valence-corrected chi connectivity index (χ1v) is 3.06. The van der Waals surface area contributed by atoms with Crippen LogP contribution in [0.4, 0.5) is 9.59 Å². The van der Waals surface area contributed by atoms with E-state index >= 15 is 0 Å². The summed E-state index contributed by atoms with van der Waals surface area (Å²) in [5, 5.41) is 16.1. The number of hydrogen-bond acceptors (Lipinski definition) is 4. The van der Waals surface area contributed by atoms with Crippen LogP contribution in [-0.4, -0.2) is 35.5 Å². The third kappa shape index (κ3) is 8.46. The Morgan fingerprint density at radius 1 is 0.917 bits per heavy atom. The number of nitrogens with one attached hydrogen (secondary N) is 4. The van der Waals surface area contributed by atoms with E-state index in [0.717, 1.165) is 0 Å². The summed E-state index contributed by atoms with van der Waals surface area (Å²) in [6.07, 6.45) is -2.39. The van der Waals surface area contributed by atoms with E-state index in [4.69, 9.17) is 10.2 Å². The SMILES string of the molecule is O=C(O)NNCCNNC(=O)O. The third-order valence-corrected chi connectivity index (χ3v) is 0.766. The van der Waals surface area contributed by atoms with E-state index < -0.39 is 12.2 Å². The van der Waals surface area contributed by atoms with Crippen LogP contribution in [-0.2, 0) is 0 Å². The summed E-state index contributed by atoms with van der Waals surface area (Å²) in [6.45, 7) is 0.541. The van der Waals surface area contributed by atoms with Gasteiger partial charge in [0.25, 0.3) is 0 Å². The molecule has 70 valence electrons. The number of hydrogen-bond donors (Lipinski definition) is 6. The lowest BCUT2D eigenvalue weighted by atomic mass is 10.7. The number of rotatable bonds is 5. The summed E-state index contributed by atoms with van der Waals surface area (Å²) in [4.78, 5) is 19.7. The van der Waals surface area contributed by atoms with Gasteiger partial charge in [-0.2, -0.15) is 0 Å². The average Bonchev–Trinajstić information content (AvgIpc) is 1.95. The second-order valence-electron chi connectivity index (χ2n) is 1.71. The lowest BCUT2D eigenvalue weighted by Crippen LogP contribution is -2.44. The van der Waals surface area contributed by atoms with Gasteiger partial charge in [-0.3, -0.25) is 10.9 Å². The van der Waals surface area contributed by atoms with Gasteiger partial charge < -0.3 is 10.2 Å².